The molecule has 3 nitrogen and oxygen atoms in total. The second-order valence-corrected chi connectivity index (χ2v) is 4.55. The summed E-state index contributed by atoms with van der Waals surface area (Å²) >= 11 is 4.85. The Kier molecular flexibility index (Phi) is 2.91. The Morgan fingerprint density at radius 2 is 2.08 bits per heavy atom. The van der Waals surface area contributed by atoms with Gasteiger partial charge < -0.3 is 11.1 Å². The summed E-state index contributed by atoms with van der Waals surface area (Å²) in [5.74, 6) is 0.276. The molecule has 0 bridgehead atoms. The van der Waals surface area contributed by atoms with Gasteiger partial charge in [-0.05, 0) is 26.7 Å². The number of thiocarbonyl (C=S) groups is 1. The number of nitrogens with one attached hydrogen (secondary N) is 1. The summed E-state index contributed by atoms with van der Waals surface area (Å²) in [6, 6.07) is 0. The molecule has 1 saturated carbocycles. The lowest BCUT2D eigenvalue weighted by Gasteiger charge is -2.30. The topological polar surface area (TPSA) is 55.1 Å². The fourth-order valence-corrected chi connectivity index (χ4v) is 1.19. The van der Waals surface area contributed by atoms with Crippen LogP contribution in [-0.2, 0) is 4.79 Å². The number of rotatable bonds is 3. The Balaban J connectivity index is 2.46. The van der Waals surface area contributed by atoms with Crippen LogP contribution in [0.4, 0.5) is 0 Å². The molecule has 0 unspecified atom stereocenters. The van der Waals surface area contributed by atoms with Gasteiger partial charge in [-0.25, -0.2) is 0 Å². The van der Waals surface area contributed by atoms with E-state index in [9.17, 15) is 4.79 Å². The Labute approximate surface area is 84.1 Å². The first kappa shape index (κ1) is 10.4. The second kappa shape index (κ2) is 3.62. The van der Waals surface area contributed by atoms with Crippen molar-refractivity contribution in [3.05, 3.63) is 0 Å². The number of hydrogen-bond donors (Lipinski definition) is 2. The summed E-state index contributed by atoms with van der Waals surface area (Å²) in [5.41, 5.74) is 4.94. The monoisotopic (exact) mass is 200 g/mol. The van der Waals surface area contributed by atoms with Gasteiger partial charge in [0.15, 0.2) is 0 Å². The molecule has 1 aliphatic rings. The lowest BCUT2D eigenvalue weighted by molar-refractivity contribution is -0.128. The highest BCUT2D eigenvalue weighted by molar-refractivity contribution is 7.80. The molecule has 0 radical (unpaired) electrons. The van der Waals surface area contributed by atoms with Gasteiger partial charge in [-0.1, -0.05) is 18.6 Å². The molecule has 0 spiro atoms. The Hall–Kier alpha value is -0.640. The van der Waals surface area contributed by atoms with E-state index in [1.807, 2.05) is 13.8 Å². The van der Waals surface area contributed by atoms with Gasteiger partial charge in [-0.2, -0.15) is 0 Å². The van der Waals surface area contributed by atoms with Crippen LogP contribution in [0.5, 0.6) is 0 Å². The molecule has 74 valence electrons. The summed E-state index contributed by atoms with van der Waals surface area (Å²) in [5, 5.41) is 2.85. The van der Waals surface area contributed by atoms with Gasteiger partial charge in [0.25, 0.3) is 0 Å². The maximum atomic E-state index is 11.5. The van der Waals surface area contributed by atoms with Crippen molar-refractivity contribution >= 4 is 23.1 Å². The summed E-state index contributed by atoms with van der Waals surface area (Å²) in [7, 11) is 0. The zero-order chi connectivity index (χ0) is 10.1. The molecule has 0 aromatic heterocycles. The van der Waals surface area contributed by atoms with Crippen LogP contribution < -0.4 is 11.1 Å². The summed E-state index contributed by atoms with van der Waals surface area (Å²) in [6.45, 7) is 3.65. The van der Waals surface area contributed by atoms with Crippen molar-refractivity contribution in [3.63, 3.8) is 0 Å². The largest absolute Gasteiger partial charge is 0.391 e. The van der Waals surface area contributed by atoms with Crippen LogP contribution in [-0.4, -0.2) is 16.4 Å². The normalized spacial score (nSPS) is 17.7. The minimum absolute atomic E-state index is 0.0871. The summed E-state index contributed by atoms with van der Waals surface area (Å²) in [4.78, 5) is 11.9. The third-order valence-corrected chi connectivity index (χ3v) is 3.04. The fraction of sp³-hybridized carbons (Fsp3) is 0.778. The van der Waals surface area contributed by atoms with Crippen LogP contribution in [0.3, 0.4) is 0 Å². The average Bonchev–Trinajstić information content (AvgIpc) is 1.80. The molecule has 1 rings (SSSR count). The molecule has 4 heteroatoms. The lowest BCUT2D eigenvalue weighted by Crippen LogP contribution is -2.54. The molecule has 1 amide bonds. The first-order chi connectivity index (χ1) is 5.93. The van der Waals surface area contributed by atoms with Crippen molar-refractivity contribution in [3.8, 4) is 0 Å². The van der Waals surface area contributed by atoms with Gasteiger partial charge in [0.05, 0.1) is 10.5 Å². The van der Waals surface area contributed by atoms with Crippen molar-refractivity contribution in [2.45, 2.75) is 38.6 Å². The van der Waals surface area contributed by atoms with Crippen LogP contribution >= 0.6 is 12.2 Å². The highest BCUT2D eigenvalue weighted by atomic mass is 32.1. The van der Waals surface area contributed by atoms with Crippen molar-refractivity contribution < 1.29 is 4.79 Å². The first-order valence-corrected chi connectivity index (χ1v) is 4.96. The van der Waals surface area contributed by atoms with E-state index >= 15 is 0 Å². The zero-order valence-electron chi connectivity index (χ0n) is 8.09. The maximum Gasteiger partial charge on any atom is 0.223 e. The lowest BCUT2D eigenvalue weighted by atomic mass is 9.84. The molecule has 0 aliphatic heterocycles. The third-order valence-electron chi connectivity index (χ3n) is 2.53. The van der Waals surface area contributed by atoms with Gasteiger partial charge in [0, 0.05) is 5.92 Å². The molecule has 0 aromatic rings. The molecular formula is C9H16N2OS. The van der Waals surface area contributed by atoms with Crippen LogP contribution in [0.1, 0.15) is 33.1 Å². The molecule has 1 fully saturated rings. The van der Waals surface area contributed by atoms with Crippen LogP contribution in [0.2, 0.25) is 0 Å². The predicted molar refractivity (Wildman–Crippen MR) is 56.3 cm³/mol. The van der Waals surface area contributed by atoms with Gasteiger partial charge in [0.1, 0.15) is 0 Å². The minimum Gasteiger partial charge on any atom is -0.391 e. The average molecular weight is 200 g/mol. The Bertz CT molecular complexity index is 234. The SMILES string of the molecule is CC(C)(NC(=O)C1CCC1)C(N)=S. The standard InChI is InChI=1S/C9H16N2OS/c1-9(2,8(10)13)11-7(12)6-4-3-5-6/h6H,3-5H2,1-2H3,(H2,10,13)(H,11,12). The van der Waals surface area contributed by atoms with E-state index in [2.05, 4.69) is 5.32 Å². The van der Waals surface area contributed by atoms with Gasteiger partial charge in [0.2, 0.25) is 5.91 Å². The highest BCUT2D eigenvalue weighted by Crippen LogP contribution is 2.26. The van der Waals surface area contributed by atoms with E-state index in [1.54, 1.807) is 0 Å². The molecular weight excluding hydrogens is 184 g/mol. The summed E-state index contributed by atoms with van der Waals surface area (Å²) < 4.78 is 0. The highest BCUT2D eigenvalue weighted by Gasteiger charge is 2.30. The first-order valence-electron chi connectivity index (χ1n) is 4.55. The van der Waals surface area contributed by atoms with E-state index in [0.717, 1.165) is 19.3 Å². The van der Waals surface area contributed by atoms with Crippen molar-refractivity contribution in [1.29, 1.82) is 0 Å². The number of hydrogen-bond acceptors (Lipinski definition) is 2. The Morgan fingerprint density at radius 3 is 2.38 bits per heavy atom. The third kappa shape index (κ3) is 2.40. The quantitative estimate of drug-likeness (QED) is 0.667. The second-order valence-electron chi connectivity index (χ2n) is 4.11. The van der Waals surface area contributed by atoms with Crippen molar-refractivity contribution in [2.24, 2.45) is 11.7 Å². The number of carbonyl (C=O) groups excluding carboxylic acids is 1. The molecule has 0 heterocycles. The molecule has 1 aliphatic carbocycles. The van der Waals surface area contributed by atoms with E-state index in [4.69, 9.17) is 18.0 Å². The maximum absolute atomic E-state index is 11.5. The van der Waals surface area contributed by atoms with Gasteiger partial charge in [-0.15, -0.1) is 0 Å². The summed E-state index contributed by atoms with van der Waals surface area (Å²) in [6.07, 6.45) is 3.16. The molecule has 0 saturated heterocycles. The van der Waals surface area contributed by atoms with E-state index in [-0.39, 0.29) is 11.8 Å². The smallest absolute Gasteiger partial charge is 0.223 e. The fourth-order valence-electron chi connectivity index (χ4n) is 1.14. The van der Waals surface area contributed by atoms with E-state index in [1.165, 1.54) is 0 Å². The van der Waals surface area contributed by atoms with Gasteiger partial charge >= 0.3 is 0 Å². The zero-order valence-corrected chi connectivity index (χ0v) is 8.91. The molecule has 0 aromatic carbocycles. The minimum atomic E-state index is -0.554. The number of nitrogens with two attached hydrogens (primary N) is 1. The number of amides is 1. The van der Waals surface area contributed by atoms with Crippen molar-refractivity contribution in [2.75, 3.05) is 0 Å². The molecule has 0 atom stereocenters. The van der Waals surface area contributed by atoms with E-state index < -0.39 is 5.54 Å². The van der Waals surface area contributed by atoms with E-state index in [0.29, 0.717) is 4.99 Å². The Morgan fingerprint density at radius 1 is 1.54 bits per heavy atom. The number of carbonyl (C=O) groups is 1. The van der Waals surface area contributed by atoms with Gasteiger partial charge in [-0.3, -0.25) is 4.79 Å². The van der Waals surface area contributed by atoms with Crippen LogP contribution in [0.15, 0.2) is 0 Å². The molecule has 3 N–H and O–H groups in total. The molecule has 13 heavy (non-hydrogen) atoms. The predicted octanol–water partition coefficient (Wildman–Crippen LogP) is 0.967. The van der Waals surface area contributed by atoms with Crippen LogP contribution in [0, 0.1) is 5.92 Å². The van der Waals surface area contributed by atoms with Crippen LogP contribution in [0.25, 0.3) is 0 Å². The van der Waals surface area contributed by atoms with Crippen molar-refractivity contribution in [1.82, 2.24) is 5.32 Å².